The van der Waals surface area contributed by atoms with Gasteiger partial charge < -0.3 is 14.4 Å². The second kappa shape index (κ2) is 10.8. The Labute approximate surface area is 238 Å². The molecular formula is C31H33N5O5. The number of nitrogens with zero attached hydrogens (tertiary/aromatic N) is 4. The Bertz CT molecular complexity index is 1480. The largest absolute Gasteiger partial charge is 0.489 e. The number of piperidine rings is 1. The zero-order chi connectivity index (χ0) is 27.9. The Morgan fingerprint density at radius 2 is 1.93 bits per heavy atom. The van der Waals surface area contributed by atoms with Crippen LogP contribution in [-0.4, -0.2) is 75.8 Å². The second-order valence-electron chi connectivity index (χ2n) is 11.4. The number of amides is 3. The fourth-order valence-corrected chi connectivity index (χ4v) is 6.39. The number of nitrogens with one attached hydrogen (secondary N) is 1. The summed E-state index contributed by atoms with van der Waals surface area (Å²) >= 11 is 0. The molecule has 3 fully saturated rings. The van der Waals surface area contributed by atoms with Gasteiger partial charge in [-0.1, -0.05) is 12.1 Å². The molecule has 0 radical (unpaired) electrons. The SMILES string of the molecule is O=C1CCC(N2Cc3cc(O[C@H]4CCN(Cc5cnn(-c6ccc([C@@H]7CCOC7)cc6)c5)C4)ccc3C2=O)C(=O)N1. The van der Waals surface area contributed by atoms with Gasteiger partial charge >= 0.3 is 0 Å². The minimum atomic E-state index is -0.615. The molecular weight excluding hydrogens is 522 g/mol. The summed E-state index contributed by atoms with van der Waals surface area (Å²) in [7, 11) is 0. The molecule has 3 saturated heterocycles. The first-order valence-electron chi connectivity index (χ1n) is 14.4. The van der Waals surface area contributed by atoms with Crippen LogP contribution in [0.15, 0.2) is 54.9 Å². The smallest absolute Gasteiger partial charge is 0.255 e. The van der Waals surface area contributed by atoms with Crippen LogP contribution in [0.25, 0.3) is 5.69 Å². The van der Waals surface area contributed by atoms with E-state index in [1.165, 1.54) is 5.56 Å². The number of aromatic nitrogens is 2. The highest BCUT2D eigenvalue weighted by Crippen LogP contribution is 2.31. The summed E-state index contributed by atoms with van der Waals surface area (Å²) < 4.78 is 13.8. The van der Waals surface area contributed by atoms with Gasteiger partial charge in [-0.2, -0.15) is 5.10 Å². The van der Waals surface area contributed by atoms with Crippen LogP contribution < -0.4 is 10.1 Å². The molecule has 4 aliphatic rings. The number of hydrogen-bond acceptors (Lipinski definition) is 7. The molecule has 2 aromatic carbocycles. The van der Waals surface area contributed by atoms with E-state index in [1.807, 2.05) is 23.0 Å². The molecule has 1 aromatic heterocycles. The Hall–Kier alpha value is -4.02. The van der Waals surface area contributed by atoms with E-state index >= 15 is 0 Å². The summed E-state index contributed by atoms with van der Waals surface area (Å²) in [6.45, 7) is 4.54. The molecule has 41 heavy (non-hydrogen) atoms. The van der Waals surface area contributed by atoms with Crippen molar-refractivity contribution in [3.05, 3.63) is 77.1 Å². The molecule has 0 saturated carbocycles. The molecule has 3 aromatic rings. The lowest BCUT2D eigenvalue weighted by atomic mass is 9.98. The Morgan fingerprint density at radius 3 is 2.73 bits per heavy atom. The van der Waals surface area contributed by atoms with Gasteiger partial charge in [0.2, 0.25) is 11.8 Å². The normalized spacial score (nSPS) is 24.6. The van der Waals surface area contributed by atoms with Crippen LogP contribution in [0.3, 0.4) is 0 Å². The zero-order valence-electron chi connectivity index (χ0n) is 22.8. The van der Waals surface area contributed by atoms with Gasteiger partial charge in [0, 0.05) is 62.4 Å². The van der Waals surface area contributed by atoms with Crippen molar-refractivity contribution in [3.63, 3.8) is 0 Å². The van der Waals surface area contributed by atoms with Gasteiger partial charge in [-0.3, -0.25) is 24.6 Å². The van der Waals surface area contributed by atoms with Crippen molar-refractivity contribution in [2.45, 2.75) is 56.8 Å². The van der Waals surface area contributed by atoms with Crippen LogP contribution in [-0.2, 0) is 27.4 Å². The molecule has 5 heterocycles. The van der Waals surface area contributed by atoms with E-state index in [-0.39, 0.29) is 24.3 Å². The van der Waals surface area contributed by atoms with E-state index in [0.29, 0.717) is 24.4 Å². The maximum atomic E-state index is 13.0. The summed E-state index contributed by atoms with van der Waals surface area (Å²) in [5.41, 5.74) is 4.97. The number of likely N-dealkylation sites (tertiary alicyclic amines) is 1. The summed E-state index contributed by atoms with van der Waals surface area (Å²) in [6.07, 6.45) is 6.67. The lowest BCUT2D eigenvalue weighted by Crippen LogP contribution is -2.52. The highest BCUT2D eigenvalue weighted by atomic mass is 16.5. The first-order valence-corrected chi connectivity index (χ1v) is 14.4. The van der Waals surface area contributed by atoms with E-state index in [0.717, 1.165) is 68.3 Å². The molecule has 7 rings (SSSR count). The summed E-state index contributed by atoms with van der Waals surface area (Å²) in [4.78, 5) is 40.7. The Kier molecular flexibility index (Phi) is 6.80. The Balaban J connectivity index is 0.936. The van der Waals surface area contributed by atoms with Crippen molar-refractivity contribution in [2.75, 3.05) is 26.3 Å². The lowest BCUT2D eigenvalue weighted by molar-refractivity contribution is -0.136. The summed E-state index contributed by atoms with van der Waals surface area (Å²) in [6, 6.07) is 13.5. The number of carbonyl (C=O) groups is 3. The second-order valence-corrected chi connectivity index (χ2v) is 11.4. The topological polar surface area (TPSA) is 106 Å². The number of imide groups is 1. The Morgan fingerprint density at radius 1 is 1.05 bits per heavy atom. The van der Waals surface area contributed by atoms with Crippen LogP contribution in [0.1, 0.15) is 58.6 Å². The average Bonchev–Trinajstić information content (AvgIpc) is 3.78. The third kappa shape index (κ3) is 5.25. The van der Waals surface area contributed by atoms with Crippen molar-refractivity contribution >= 4 is 17.7 Å². The minimum absolute atomic E-state index is 0.0542. The van der Waals surface area contributed by atoms with Crippen LogP contribution >= 0.6 is 0 Å². The van der Waals surface area contributed by atoms with E-state index in [4.69, 9.17) is 9.47 Å². The number of rotatable bonds is 7. The summed E-state index contributed by atoms with van der Waals surface area (Å²) in [5, 5.41) is 6.94. The number of benzene rings is 2. The minimum Gasteiger partial charge on any atom is -0.489 e. The van der Waals surface area contributed by atoms with Gasteiger partial charge in [0.15, 0.2) is 0 Å². The first kappa shape index (κ1) is 25.9. The standard InChI is InChI=1S/C31H33N5O5/c37-29-8-7-28(30(38)33-29)35-17-23-13-25(5-6-27(23)31(35)39)41-26-9-11-34(18-26)15-20-14-32-36(16-20)24-3-1-21(2-4-24)22-10-12-40-19-22/h1-6,13-14,16,22,26,28H,7-12,15,17-19H2,(H,33,37,38)/t22-,26+,28?/m1/s1. The maximum absolute atomic E-state index is 13.0. The van der Waals surface area contributed by atoms with E-state index in [2.05, 4.69) is 45.8 Å². The molecule has 0 bridgehead atoms. The van der Waals surface area contributed by atoms with Crippen LogP contribution in [0.5, 0.6) is 5.75 Å². The summed E-state index contributed by atoms with van der Waals surface area (Å²) in [5.74, 6) is 0.366. The van der Waals surface area contributed by atoms with Gasteiger partial charge in [-0.15, -0.1) is 0 Å². The van der Waals surface area contributed by atoms with Gasteiger partial charge in [0.25, 0.3) is 5.91 Å². The van der Waals surface area contributed by atoms with Gasteiger partial charge in [0.05, 0.1) is 18.5 Å². The third-order valence-corrected chi connectivity index (χ3v) is 8.63. The van der Waals surface area contributed by atoms with Crippen molar-refractivity contribution in [3.8, 4) is 11.4 Å². The quantitative estimate of drug-likeness (QED) is 0.447. The molecule has 10 heteroatoms. The average molecular weight is 556 g/mol. The van der Waals surface area contributed by atoms with Crippen LogP contribution in [0.4, 0.5) is 0 Å². The van der Waals surface area contributed by atoms with Gasteiger partial charge in [0.1, 0.15) is 17.9 Å². The van der Waals surface area contributed by atoms with Crippen molar-refractivity contribution in [2.24, 2.45) is 0 Å². The molecule has 3 atom stereocenters. The van der Waals surface area contributed by atoms with Crippen LogP contribution in [0, 0.1) is 0 Å². The number of fused-ring (bicyclic) bond motifs is 1. The fourth-order valence-electron chi connectivity index (χ4n) is 6.39. The zero-order valence-corrected chi connectivity index (χ0v) is 22.8. The number of hydrogen-bond donors (Lipinski definition) is 1. The fraction of sp³-hybridized carbons (Fsp3) is 0.419. The molecule has 0 aliphatic carbocycles. The highest BCUT2D eigenvalue weighted by molar-refractivity contribution is 6.05. The molecule has 212 valence electrons. The first-order chi connectivity index (χ1) is 20.0. The molecule has 4 aliphatic heterocycles. The molecule has 0 spiro atoms. The van der Waals surface area contributed by atoms with E-state index < -0.39 is 11.9 Å². The number of carbonyl (C=O) groups excluding carboxylic acids is 3. The van der Waals surface area contributed by atoms with Gasteiger partial charge in [-0.25, -0.2) is 4.68 Å². The van der Waals surface area contributed by atoms with Gasteiger partial charge in [-0.05, 0) is 60.7 Å². The van der Waals surface area contributed by atoms with Crippen molar-refractivity contribution < 1.29 is 23.9 Å². The van der Waals surface area contributed by atoms with E-state index in [9.17, 15) is 14.4 Å². The maximum Gasteiger partial charge on any atom is 0.255 e. The number of ether oxygens (including phenoxy) is 2. The van der Waals surface area contributed by atoms with Crippen LogP contribution in [0.2, 0.25) is 0 Å². The van der Waals surface area contributed by atoms with Crippen molar-refractivity contribution in [1.82, 2.24) is 24.9 Å². The highest BCUT2D eigenvalue weighted by Gasteiger charge is 2.39. The predicted octanol–water partition coefficient (Wildman–Crippen LogP) is 2.79. The molecule has 10 nitrogen and oxygen atoms in total. The molecule has 1 unspecified atom stereocenters. The third-order valence-electron chi connectivity index (χ3n) is 8.63. The monoisotopic (exact) mass is 555 g/mol. The molecule has 3 amide bonds. The van der Waals surface area contributed by atoms with Crippen molar-refractivity contribution in [1.29, 1.82) is 0 Å². The molecule has 1 N–H and O–H groups in total. The van der Waals surface area contributed by atoms with E-state index in [1.54, 1.807) is 11.0 Å². The predicted molar refractivity (Wildman–Crippen MR) is 149 cm³/mol. The lowest BCUT2D eigenvalue weighted by Gasteiger charge is -2.29.